The minimum atomic E-state index is 0.623. The van der Waals surface area contributed by atoms with Crippen LogP contribution in [0.15, 0.2) is 41.3 Å². The van der Waals surface area contributed by atoms with Crippen LogP contribution in [0, 0.1) is 0 Å². The SMILES string of the molecule is CN(Cc1ccncc1)c1ncc(Cl)cc1Br. The fourth-order valence-corrected chi connectivity index (χ4v) is 2.47. The van der Waals surface area contributed by atoms with Gasteiger partial charge in [-0.2, -0.15) is 0 Å². The van der Waals surface area contributed by atoms with Crippen molar-refractivity contribution in [3.63, 3.8) is 0 Å². The topological polar surface area (TPSA) is 29.0 Å². The number of nitrogens with zero attached hydrogens (tertiary/aromatic N) is 3. The lowest BCUT2D eigenvalue weighted by atomic mass is 10.2. The Morgan fingerprint density at radius 2 is 2.06 bits per heavy atom. The lowest BCUT2D eigenvalue weighted by Gasteiger charge is -2.19. The summed E-state index contributed by atoms with van der Waals surface area (Å²) in [7, 11) is 1.99. The zero-order valence-corrected chi connectivity index (χ0v) is 11.6. The van der Waals surface area contributed by atoms with E-state index in [1.165, 1.54) is 5.56 Å². The summed E-state index contributed by atoms with van der Waals surface area (Å²) >= 11 is 9.32. The lowest BCUT2D eigenvalue weighted by molar-refractivity contribution is 0.891. The van der Waals surface area contributed by atoms with Crippen LogP contribution in [0.25, 0.3) is 0 Å². The second-order valence-corrected chi connectivity index (χ2v) is 4.96. The number of pyridine rings is 2. The Kier molecular flexibility index (Phi) is 3.97. The van der Waals surface area contributed by atoms with Crippen LogP contribution in [0.4, 0.5) is 5.82 Å². The molecule has 17 heavy (non-hydrogen) atoms. The maximum atomic E-state index is 5.86. The Morgan fingerprint density at radius 1 is 1.35 bits per heavy atom. The number of rotatable bonds is 3. The zero-order valence-electron chi connectivity index (χ0n) is 9.27. The van der Waals surface area contributed by atoms with Crippen LogP contribution < -0.4 is 4.90 Å². The van der Waals surface area contributed by atoms with E-state index in [1.807, 2.05) is 25.2 Å². The number of hydrogen-bond donors (Lipinski definition) is 0. The summed E-state index contributed by atoms with van der Waals surface area (Å²) < 4.78 is 0.890. The van der Waals surface area contributed by atoms with Crippen LogP contribution in [0.2, 0.25) is 5.02 Å². The molecule has 0 spiro atoms. The Labute approximate surface area is 114 Å². The van der Waals surface area contributed by atoms with Gasteiger partial charge in [0, 0.05) is 32.2 Å². The van der Waals surface area contributed by atoms with E-state index >= 15 is 0 Å². The summed E-state index contributed by atoms with van der Waals surface area (Å²) in [6.45, 7) is 0.774. The summed E-state index contributed by atoms with van der Waals surface area (Å²) in [6, 6.07) is 5.81. The highest BCUT2D eigenvalue weighted by Gasteiger charge is 2.08. The van der Waals surface area contributed by atoms with Crippen LogP contribution in [-0.4, -0.2) is 17.0 Å². The molecule has 0 saturated carbocycles. The first-order valence-electron chi connectivity index (χ1n) is 5.08. The van der Waals surface area contributed by atoms with Gasteiger partial charge in [-0.05, 0) is 39.7 Å². The maximum absolute atomic E-state index is 5.86. The van der Waals surface area contributed by atoms with Gasteiger partial charge < -0.3 is 4.90 Å². The minimum Gasteiger partial charge on any atom is -0.354 e. The van der Waals surface area contributed by atoms with Gasteiger partial charge in [0.25, 0.3) is 0 Å². The third-order valence-electron chi connectivity index (χ3n) is 2.32. The smallest absolute Gasteiger partial charge is 0.143 e. The summed E-state index contributed by atoms with van der Waals surface area (Å²) in [5.41, 5.74) is 1.19. The van der Waals surface area contributed by atoms with Gasteiger partial charge in [0.2, 0.25) is 0 Å². The van der Waals surface area contributed by atoms with E-state index in [0.717, 1.165) is 16.8 Å². The highest BCUT2D eigenvalue weighted by molar-refractivity contribution is 9.10. The molecule has 2 heterocycles. The molecular formula is C12H11BrClN3. The van der Waals surface area contributed by atoms with Crippen LogP contribution in [0.3, 0.4) is 0 Å². The number of hydrogen-bond acceptors (Lipinski definition) is 3. The Bertz CT molecular complexity index is 504. The maximum Gasteiger partial charge on any atom is 0.143 e. The van der Waals surface area contributed by atoms with Gasteiger partial charge in [-0.3, -0.25) is 4.98 Å². The van der Waals surface area contributed by atoms with Crippen molar-refractivity contribution in [1.82, 2.24) is 9.97 Å². The number of halogens is 2. The van der Waals surface area contributed by atoms with Crippen LogP contribution in [0.1, 0.15) is 5.56 Å². The normalized spacial score (nSPS) is 10.3. The van der Waals surface area contributed by atoms with Crippen LogP contribution in [0.5, 0.6) is 0 Å². The van der Waals surface area contributed by atoms with Crippen molar-refractivity contribution in [3.8, 4) is 0 Å². The third kappa shape index (κ3) is 3.17. The number of anilines is 1. The van der Waals surface area contributed by atoms with Gasteiger partial charge in [-0.1, -0.05) is 11.6 Å². The van der Waals surface area contributed by atoms with Gasteiger partial charge in [0.1, 0.15) is 5.82 Å². The molecule has 2 aromatic rings. The molecule has 5 heteroatoms. The second kappa shape index (κ2) is 5.47. The molecule has 0 aromatic carbocycles. The molecule has 0 bridgehead atoms. The fraction of sp³-hybridized carbons (Fsp3) is 0.167. The van der Waals surface area contributed by atoms with E-state index in [1.54, 1.807) is 18.6 Å². The van der Waals surface area contributed by atoms with Crippen LogP contribution >= 0.6 is 27.5 Å². The van der Waals surface area contributed by atoms with Crippen molar-refractivity contribution in [1.29, 1.82) is 0 Å². The molecule has 0 radical (unpaired) electrons. The first kappa shape index (κ1) is 12.3. The molecule has 0 amide bonds. The number of aromatic nitrogens is 2. The molecule has 0 fully saturated rings. The molecule has 2 aromatic heterocycles. The third-order valence-corrected chi connectivity index (χ3v) is 3.11. The molecule has 0 aliphatic rings. The van der Waals surface area contributed by atoms with Crippen molar-refractivity contribution in [3.05, 3.63) is 51.8 Å². The molecular weight excluding hydrogens is 302 g/mol. The minimum absolute atomic E-state index is 0.623. The molecule has 0 saturated heterocycles. The average Bonchev–Trinajstić information content (AvgIpc) is 2.30. The van der Waals surface area contributed by atoms with Gasteiger partial charge in [-0.25, -0.2) is 4.98 Å². The zero-order chi connectivity index (χ0) is 12.3. The van der Waals surface area contributed by atoms with E-state index in [0.29, 0.717) is 5.02 Å². The van der Waals surface area contributed by atoms with E-state index in [4.69, 9.17) is 11.6 Å². The molecule has 3 nitrogen and oxygen atoms in total. The highest BCUT2D eigenvalue weighted by Crippen LogP contribution is 2.26. The predicted octanol–water partition coefficient (Wildman–Crippen LogP) is 3.53. The second-order valence-electron chi connectivity index (χ2n) is 3.67. The van der Waals surface area contributed by atoms with Crippen molar-refractivity contribution in [2.45, 2.75) is 6.54 Å². The van der Waals surface area contributed by atoms with Crippen molar-refractivity contribution < 1.29 is 0 Å². The molecule has 0 aliphatic heterocycles. The quantitative estimate of drug-likeness (QED) is 0.868. The Morgan fingerprint density at radius 3 is 2.71 bits per heavy atom. The monoisotopic (exact) mass is 311 g/mol. The van der Waals surface area contributed by atoms with Crippen molar-refractivity contribution >= 4 is 33.3 Å². The van der Waals surface area contributed by atoms with Crippen molar-refractivity contribution in [2.75, 3.05) is 11.9 Å². The molecule has 0 atom stereocenters. The Hall–Kier alpha value is -1.13. The molecule has 0 unspecified atom stereocenters. The van der Waals surface area contributed by atoms with Gasteiger partial charge in [0.15, 0.2) is 0 Å². The molecule has 0 aliphatic carbocycles. The van der Waals surface area contributed by atoms with Gasteiger partial charge >= 0.3 is 0 Å². The highest BCUT2D eigenvalue weighted by atomic mass is 79.9. The summed E-state index contributed by atoms with van der Waals surface area (Å²) in [4.78, 5) is 10.4. The standard InChI is InChI=1S/C12H11BrClN3/c1-17(8-9-2-4-15-5-3-9)12-11(13)6-10(14)7-16-12/h2-7H,8H2,1H3. The molecule has 2 rings (SSSR count). The van der Waals surface area contributed by atoms with Gasteiger partial charge in [-0.15, -0.1) is 0 Å². The van der Waals surface area contributed by atoms with Crippen LogP contribution in [-0.2, 0) is 6.54 Å². The average molecular weight is 313 g/mol. The molecule has 88 valence electrons. The lowest BCUT2D eigenvalue weighted by Crippen LogP contribution is -2.18. The fourth-order valence-electron chi connectivity index (χ4n) is 1.53. The van der Waals surface area contributed by atoms with Crippen molar-refractivity contribution in [2.24, 2.45) is 0 Å². The van der Waals surface area contributed by atoms with E-state index in [-0.39, 0.29) is 0 Å². The van der Waals surface area contributed by atoms with E-state index < -0.39 is 0 Å². The van der Waals surface area contributed by atoms with E-state index in [2.05, 4.69) is 30.8 Å². The first-order valence-corrected chi connectivity index (χ1v) is 6.25. The summed E-state index contributed by atoms with van der Waals surface area (Å²) in [5.74, 6) is 0.867. The van der Waals surface area contributed by atoms with Gasteiger partial charge in [0.05, 0.1) is 9.50 Å². The predicted molar refractivity (Wildman–Crippen MR) is 73.3 cm³/mol. The summed E-state index contributed by atoms with van der Waals surface area (Å²) in [6.07, 6.45) is 5.21. The van der Waals surface area contributed by atoms with E-state index in [9.17, 15) is 0 Å². The largest absolute Gasteiger partial charge is 0.354 e. The Balaban J connectivity index is 2.17. The molecule has 0 N–H and O–H groups in total. The first-order chi connectivity index (χ1) is 8.16. The summed E-state index contributed by atoms with van der Waals surface area (Å²) in [5, 5.41) is 0.623.